The average molecular weight is 401 g/mol. The molecular formula is C21H27N3O5. The van der Waals surface area contributed by atoms with Gasteiger partial charge in [-0.2, -0.15) is 0 Å². The fourth-order valence-corrected chi connectivity index (χ4v) is 2.35. The van der Waals surface area contributed by atoms with Gasteiger partial charge in [-0.15, -0.1) is 0 Å². The summed E-state index contributed by atoms with van der Waals surface area (Å²) in [4.78, 5) is 24.9. The maximum atomic E-state index is 12.7. The first-order valence-electron chi connectivity index (χ1n) is 9.12. The van der Waals surface area contributed by atoms with Crippen molar-refractivity contribution in [1.82, 2.24) is 15.8 Å². The molecule has 0 aliphatic heterocycles. The van der Waals surface area contributed by atoms with Gasteiger partial charge in [0.15, 0.2) is 5.79 Å². The summed E-state index contributed by atoms with van der Waals surface area (Å²) in [7, 11) is 2.97. The molecule has 0 radical (unpaired) electrons. The van der Waals surface area contributed by atoms with Crippen molar-refractivity contribution in [2.24, 2.45) is 0 Å². The topological polar surface area (TPSA) is 89.1 Å². The molecule has 0 spiro atoms. The van der Waals surface area contributed by atoms with Crippen molar-refractivity contribution >= 4 is 12.1 Å². The van der Waals surface area contributed by atoms with Crippen LogP contribution in [0.5, 0.6) is 0 Å². The molecule has 0 saturated heterocycles. The van der Waals surface area contributed by atoms with Gasteiger partial charge >= 0.3 is 12.1 Å². The maximum absolute atomic E-state index is 12.7. The molecule has 0 bridgehead atoms. The molecule has 2 aromatic carbocycles. The first-order chi connectivity index (χ1) is 14.0. The first kappa shape index (κ1) is 22.2. The summed E-state index contributed by atoms with van der Waals surface area (Å²) in [5, 5.41) is 3.84. The number of nitrogens with one attached hydrogen (secondary N) is 2. The maximum Gasteiger partial charge on any atom is 0.426 e. The van der Waals surface area contributed by atoms with Gasteiger partial charge in [-0.25, -0.2) is 20.0 Å². The number of rotatable bonds is 8. The lowest BCUT2D eigenvalue weighted by Gasteiger charge is -2.29. The van der Waals surface area contributed by atoms with Crippen LogP contribution >= 0.6 is 0 Å². The lowest BCUT2D eigenvalue weighted by molar-refractivity contribution is -0.188. The van der Waals surface area contributed by atoms with E-state index in [1.807, 2.05) is 60.7 Å². The molecule has 2 rings (SSSR count). The third-order valence-corrected chi connectivity index (χ3v) is 4.29. The van der Waals surface area contributed by atoms with Gasteiger partial charge in [-0.05, 0) is 18.1 Å². The number of methoxy groups -OCH3 is 2. The molecule has 29 heavy (non-hydrogen) atoms. The Morgan fingerprint density at radius 1 is 0.931 bits per heavy atom. The Kier molecular flexibility index (Phi) is 8.45. The van der Waals surface area contributed by atoms with Crippen molar-refractivity contribution in [2.45, 2.75) is 25.9 Å². The van der Waals surface area contributed by atoms with E-state index in [4.69, 9.17) is 14.2 Å². The summed E-state index contributed by atoms with van der Waals surface area (Å²) in [5.74, 6) is -0.984. The van der Waals surface area contributed by atoms with Crippen LogP contribution in [0.15, 0.2) is 60.7 Å². The molecule has 2 aromatic rings. The quantitative estimate of drug-likeness (QED) is 0.524. The Morgan fingerprint density at radius 2 is 1.48 bits per heavy atom. The standard InChI is InChI=1S/C21H27N3O5/c1-21(27-2,28-3)16-22-19(25)24(14-17-10-6-4-7-11-17)23-20(26)29-15-18-12-8-5-9-13-18/h4-13H,14-16H2,1-3H3,(H,22,25)(H,23,26). The molecule has 2 N–H and O–H groups in total. The van der Waals surface area contributed by atoms with E-state index in [2.05, 4.69) is 10.7 Å². The van der Waals surface area contributed by atoms with Crippen LogP contribution in [0.25, 0.3) is 0 Å². The van der Waals surface area contributed by atoms with Gasteiger partial charge in [-0.3, -0.25) is 0 Å². The Balaban J connectivity index is 1.99. The van der Waals surface area contributed by atoms with Crippen molar-refractivity contribution < 1.29 is 23.8 Å². The zero-order valence-corrected chi connectivity index (χ0v) is 16.9. The van der Waals surface area contributed by atoms with Gasteiger partial charge < -0.3 is 19.5 Å². The Hall–Kier alpha value is -3.10. The van der Waals surface area contributed by atoms with Crippen LogP contribution in [0.3, 0.4) is 0 Å². The zero-order chi connectivity index (χ0) is 21.1. The molecule has 0 heterocycles. The Morgan fingerprint density at radius 3 is 2.03 bits per heavy atom. The monoisotopic (exact) mass is 401 g/mol. The highest BCUT2D eigenvalue weighted by atomic mass is 16.7. The predicted octanol–water partition coefficient (Wildman–Crippen LogP) is 3.05. The molecule has 0 saturated carbocycles. The highest BCUT2D eigenvalue weighted by Gasteiger charge is 2.25. The fraction of sp³-hybridized carbons (Fsp3) is 0.333. The van der Waals surface area contributed by atoms with E-state index in [0.717, 1.165) is 16.1 Å². The summed E-state index contributed by atoms with van der Waals surface area (Å²) >= 11 is 0. The third kappa shape index (κ3) is 7.44. The number of carbonyl (C=O) groups is 2. The van der Waals surface area contributed by atoms with Crippen molar-refractivity contribution in [3.63, 3.8) is 0 Å². The van der Waals surface area contributed by atoms with Gasteiger partial charge in [0.25, 0.3) is 0 Å². The van der Waals surface area contributed by atoms with E-state index in [1.54, 1.807) is 6.92 Å². The number of nitrogens with zero attached hydrogens (tertiary/aromatic N) is 1. The molecule has 0 aliphatic rings. The van der Waals surface area contributed by atoms with Crippen molar-refractivity contribution in [2.75, 3.05) is 20.8 Å². The molecule has 156 valence electrons. The van der Waals surface area contributed by atoms with E-state index in [-0.39, 0.29) is 19.7 Å². The molecule has 3 amide bonds. The van der Waals surface area contributed by atoms with Crippen LogP contribution in [0.4, 0.5) is 9.59 Å². The fourth-order valence-electron chi connectivity index (χ4n) is 2.35. The van der Waals surface area contributed by atoms with Crippen molar-refractivity contribution in [1.29, 1.82) is 0 Å². The first-order valence-corrected chi connectivity index (χ1v) is 9.12. The van der Waals surface area contributed by atoms with Gasteiger partial charge in [0.1, 0.15) is 6.61 Å². The minimum atomic E-state index is -0.984. The molecule has 8 nitrogen and oxygen atoms in total. The van der Waals surface area contributed by atoms with Crippen LogP contribution < -0.4 is 10.7 Å². The minimum Gasteiger partial charge on any atom is -0.443 e. The van der Waals surface area contributed by atoms with Crippen LogP contribution in [0, 0.1) is 0 Å². The zero-order valence-electron chi connectivity index (χ0n) is 16.9. The number of hydrogen-bond donors (Lipinski definition) is 2. The number of hydrogen-bond acceptors (Lipinski definition) is 5. The largest absolute Gasteiger partial charge is 0.443 e. The van der Waals surface area contributed by atoms with Gasteiger partial charge in [-0.1, -0.05) is 60.7 Å². The summed E-state index contributed by atoms with van der Waals surface area (Å²) in [6.45, 7) is 2.03. The smallest absolute Gasteiger partial charge is 0.426 e. The van der Waals surface area contributed by atoms with Gasteiger partial charge in [0.2, 0.25) is 0 Å². The third-order valence-electron chi connectivity index (χ3n) is 4.29. The highest BCUT2D eigenvalue weighted by Crippen LogP contribution is 2.09. The van der Waals surface area contributed by atoms with Crippen molar-refractivity contribution in [3.05, 3.63) is 71.8 Å². The summed E-state index contributed by atoms with van der Waals surface area (Å²) in [6, 6.07) is 18.0. The number of carbonyl (C=O) groups excluding carboxylic acids is 2. The Bertz CT molecular complexity index is 766. The van der Waals surface area contributed by atoms with Crippen LogP contribution in [-0.2, 0) is 27.4 Å². The SMILES string of the molecule is COC(C)(CNC(=O)N(Cc1ccccc1)NC(=O)OCc1ccccc1)OC. The molecule has 0 aliphatic carbocycles. The second kappa shape index (κ2) is 11.0. The van der Waals surface area contributed by atoms with Crippen LogP contribution in [-0.4, -0.2) is 43.7 Å². The number of benzene rings is 2. The van der Waals surface area contributed by atoms with Crippen LogP contribution in [0.2, 0.25) is 0 Å². The number of hydrazine groups is 1. The molecule has 0 atom stereocenters. The lowest BCUT2D eigenvalue weighted by Crippen LogP contribution is -2.53. The summed E-state index contributed by atoms with van der Waals surface area (Å²) in [6.07, 6.45) is -0.735. The lowest BCUT2D eigenvalue weighted by atomic mass is 10.2. The van der Waals surface area contributed by atoms with Gasteiger partial charge in [0, 0.05) is 14.2 Å². The molecule has 0 fully saturated rings. The van der Waals surface area contributed by atoms with Gasteiger partial charge in [0.05, 0.1) is 13.1 Å². The summed E-state index contributed by atoms with van der Waals surface area (Å²) < 4.78 is 15.7. The highest BCUT2D eigenvalue weighted by molar-refractivity contribution is 5.77. The number of amides is 3. The second-order valence-corrected chi connectivity index (χ2v) is 6.45. The predicted molar refractivity (Wildman–Crippen MR) is 108 cm³/mol. The minimum absolute atomic E-state index is 0.0882. The Labute approximate surface area is 170 Å². The van der Waals surface area contributed by atoms with Crippen LogP contribution in [0.1, 0.15) is 18.1 Å². The molecule has 8 heteroatoms. The average Bonchev–Trinajstić information content (AvgIpc) is 2.77. The number of urea groups is 1. The van der Waals surface area contributed by atoms with E-state index in [0.29, 0.717) is 0 Å². The molecule has 0 aromatic heterocycles. The second-order valence-electron chi connectivity index (χ2n) is 6.45. The normalized spacial score (nSPS) is 10.9. The molecular weight excluding hydrogens is 374 g/mol. The summed E-state index contributed by atoms with van der Waals surface area (Å²) in [5.41, 5.74) is 4.17. The number of ether oxygens (including phenoxy) is 3. The van der Waals surface area contributed by atoms with E-state index >= 15 is 0 Å². The molecule has 0 unspecified atom stereocenters. The van der Waals surface area contributed by atoms with E-state index in [9.17, 15) is 9.59 Å². The van der Waals surface area contributed by atoms with E-state index in [1.165, 1.54) is 14.2 Å². The van der Waals surface area contributed by atoms with E-state index < -0.39 is 17.9 Å². The van der Waals surface area contributed by atoms with Crippen molar-refractivity contribution in [3.8, 4) is 0 Å².